The highest BCUT2D eigenvalue weighted by Crippen LogP contribution is 2.28. The van der Waals surface area contributed by atoms with Crippen molar-refractivity contribution in [2.24, 2.45) is 0 Å². The Morgan fingerprint density at radius 3 is 2.56 bits per heavy atom. The van der Waals surface area contributed by atoms with Crippen molar-refractivity contribution in [2.45, 2.75) is 31.0 Å². The van der Waals surface area contributed by atoms with Gasteiger partial charge in [-0.2, -0.15) is 0 Å². The van der Waals surface area contributed by atoms with E-state index in [0.29, 0.717) is 35.1 Å². The van der Waals surface area contributed by atoms with Crippen LogP contribution in [0, 0.1) is 0 Å². The average Bonchev–Trinajstić information content (AvgIpc) is 3.48. The van der Waals surface area contributed by atoms with Gasteiger partial charge in [-0.1, -0.05) is 48.0 Å². The van der Waals surface area contributed by atoms with Crippen LogP contribution >= 0.6 is 11.6 Å². The molecule has 0 aromatic heterocycles. The second kappa shape index (κ2) is 10.5. The summed E-state index contributed by atoms with van der Waals surface area (Å²) in [6.07, 6.45) is 0.577. The number of benzene rings is 3. The highest BCUT2D eigenvalue weighted by molar-refractivity contribution is 6.30. The molecule has 2 fully saturated rings. The van der Waals surface area contributed by atoms with Gasteiger partial charge in [-0.3, -0.25) is 14.4 Å². The molecule has 0 bridgehead atoms. The molecule has 7 nitrogen and oxygen atoms in total. The van der Waals surface area contributed by atoms with Crippen LogP contribution in [0.4, 0.5) is 0 Å². The van der Waals surface area contributed by atoms with Crippen LogP contribution in [0.1, 0.15) is 22.3 Å². The van der Waals surface area contributed by atoms with E-state index in [1.54, 1.807) is 41.3 Å². The van der Waals surface area contributed by atoms with E-state index in [2.05, 4.69) is 5.32 Å². The maximum absolute atomic E-state index is 13.6. The highest BCUT2D eigenvalue weighted by Gasteiger charge is 2.48. The minimum atomic E-state index is -0.871. The molecular formula is C28H25ClN2O5. The molecule has 2 heterocycles. The lowest BCUT2D eigenvalue weighted by Gasteiger charge is -2.27. The van der Waals surface area contributed by atoms with Crippen LogP contribution in [0.15, 0.2) is 78.9 Å². The third-order valence-electron chi connectivity index (χ3n) is 6.43. The predicted molar refractivity (Wildman–Crippen MR) is 134 cm³/mol. The van der Waals surface area contributed by atoms with Gasteiger partial charge in [0.15, 0.2) is 5.78 Å². The number of likely N-dealkylation sites (tertiary alicyclic amines) is 1. The largest absolute Gasteiger partial charge is 0.457 e. The molecule has 8 heteroatoms. The summed E-state index contributed by atoms with van der Waals surface area (Å²) in [6.45, 7) is 0.425. The first kappa shape index (κ1) is 24.0. The second-order valence-electron chi connectivity index (χ2n) is 8.88. The summed E-state index contributed by atoms with van der Waals surface area (Å²) in [5.74, 6) is 0.337. The molecular weight excluding hydrogens is 480 g/mol. The molecule has 1 N–H and O–H groups in total. The van der Waals surface area contributed by atoms with E-state index in [4.69, 9.17) is 21.1 Å². The Bertz CT molecular complexity index is 1260. The number of Topliss-reactive ketones (excluding diaryl/α,β-unsaturated/α-hetero) is 1. The normalized spacial score (nSPS) is 19.6. The van der Waals surface area contributed by atoms with Gasteiger partial charge in [0.1, 0.15) is 30.2 Å². The van der Waals surface area contributed by atoms with Crippen LogP contribution < -0.4 is 10.1 Å². The Kier molecular flexibility index (Phi) is 7.02. The van der Waals surface area contributed by atoms with Crippen molar-refractivity contribution in [2.75, 3.05) is 13.2 Å². The van der Waals surface area contributed by atoms with E-state index in [0.717, 1.165) is 5.56 Å². The monoisotopic (exact) mass is 504 g/mol. The Morgan fingerprint density at radius 1 is 1.03 bits per heavy atom. The number of nitrogens with zero attached hydrogens (tertiary/aromatic N) is 1. The maximum atomic E-state index is 13.6. The Hall–Kier alpha value is -3.68. The van der Waals surface area contributed by atoms with Crippen molar-refractivity contribution < 1.29 is 23.9 Å². The fraction of sp³-hybridized carbons (Fsp3) is 0.250. The van der Waals surface area contributed by atoms with Crippen molar-refractivity contribution in [1.29, 1.82) is 0 Å². The molecule has 0 spiro atoms. The molecule has 3 aromatic carbocycles. The third-order valence-corrected chi connectivity index (χ3v) is 6.68. The van der Waals surface area contributed by atoms with Crippen LogP contribution in [-0.2, 0) is 20.7 Å². The number of ketones is 1. The molecule has 5 rings (SSSR count). The maximum Gasteiger partial charge on any atom is 0.252 e. The van der Waals surface area contributed by atoms with E-state index in [1.165, 1.54) is 0 Å². The van der Waals surface area contributed by atoms with Gasteiger partial charge in [-0.15, -0.1) is 0 Å². The summed E-state index contributed by atoms with van der Waals surface area (Å²) in [6, 6.07) is 21.7. The Morgan fingerprint density at radius 2 is 1.78 bits per heavy atom. The van der Waals surface area contributed by atoms with Crippen LogP contribution in [0.5, 0.6) is 11.5 Å². The summed E-state index contributed by atoms with van der Waals surface area (Å²) >= 11 is 6.02. The molecule has 2 aliphatic heterocycles. The molecule has 0 saturated carbocycles. The number of para-hydroxylation sites is 1. The zero-order chi connectivity index (χ0) is 25.1. The lowest BCUT2D eigenvalue weighted by molar-refractivity contribution is -0.138. The fourth-order valence-corrected chi connectivity index (χ4v) is 4.79. The minimum absolute atomic E-state index is 0.0154. The topological polar surface area (TPSA) is 84.9 Å². The first-order valence-corrected chi connectivity index (χ1v) is 12.2. The molecule has 3 unspecified atom stereocenters. The zero-order valence-corrected chi connectivity index (χ0v) is 20.2. The van der Waals surface area contributed by atoms with Crippen molar-refractivity contribution >= 4 is 29.2 Å². The fourth-order valence-electron chi connectivity index (χ4n) is 4.66. The number of hydrogen-bond acceptors (Lipinski definition) is 5. The van der Waals surface area contributed by atoms with E-state index < -0.39 is 18.0 Å². The molecule has 0 aliphatic carbocycles. The van der Waals surface area contributed by atoms with E-state index in [1.807, 2.05) is 42.5 Å². The predicted octanol–water partition coefficient (Wildman–Crippen LogP) is 4.04. The van der Waals surface area contributed by atoms with E-state index >= 15 is 0 Å². The number of carbonyl (C=O) groups is 3. The average molecular weight is 505 g/mol. The number of fused-ring (bicyclic) bond motifs is 1. The van der Waals surface area contributed by atoms with Crippen molar-refractivity contribution in [3.05, 3.63) is 95.0 Å². The lowest BCUT2D eigenvalue weighted by Crippen LogP contribution is -2.53. The molecule has 2 saturated heterocycles. The smallest absolute Gasteiger partial charge is 0.252 e. The van der Waals surface area contributed by atoms with Gasteiger partial charge in [0.05, 0.1) is 6.10 Å². The lowest BCUT2D eigenvalue weighted by atomic mass is 10.0. The van der Waals surface area contributed by atoms with Gasteiger partial charge in [0.25, 0.3) is 5.91 Å². The second-order valence-corrected chi connectivity index (χ2v) is 9.32. The quantitative estimate of drug-likeness (QED) is 0.525. The van der Waals surface area contributed by atoms with Gasteiger partial charge in [-0.05, 0) is 54.4 Å². The van der Waals surface area contributed by atoms with Crippen LogP contribution in [0.2, 0.25) is 5.02 Å². The molecule has 3 atom stereocenters. The third kappa shape index (κ3) is 5.27. The zero-order valence-electron chi connectivity index (χ0n) is 19.4. The summed E-state index contributed by atoms with van der Waals surface area (Å²) in [5.41, 5.74) is 1.20. The van der Waals surface area contributed by atoms with Crippen LogP contribution in [0.3, 0.4) is 0 Å². The SMILES string of the molecule is O=C(NC(Cc1ccc(Cl)cc1)C(=O)N1CCC2OCC(=O)C21)c1cccc(Oc2ccccc2)c1. The van der Waals surface area contributed by atoms with Crippen molar-refractivity contribution in [3.8, 4) is 11.5 Å². The number of ether oxygens (including phenoxy) is 2. The Balaban J connectivity index is 1.36. The highest BCUT2D eigenvalue weighted by atomic mass is 35.5. The van der Waals surface area contributed by atoms with Gasteiger partial charge in [0.2, 0.25) is 5.91 Å². The summed E-state index contributed by atoms with van der Waals surface area (Å²) < 4.78 is 11.4. The van der Waals surface area contributed by atoms with E-state index in [-0.39, 0.29) is 30.8 Å². The number of halogens is 1. The van der Waals surface area contributed by atoms with Gasteiger partial charge < -0.3 is 19.7 Å². The summed E-state index contributed by atoms with van der Waals surface area (Å²) in [4.78, 5) is 40.8. The molecule has 2 amide bonds. The molecule has 184 valence electrons. The van der Waals surface area contributed by atoms with Gasteiger partial charge in [0, 0.05) is 23.6 Å². The Labute approximate surface area is 214 Å². The van der Waals surface area contributed by atoms with Gasteiger partial charge in [-0.25, -0.2) is 0 Å². The standard InChI is InChI=1S/C28H25ClN2O5/c29-20-11-9-18(10-12-20)15-23(28(34)31-14-13-25-26(31)24(32)17-35-25)30-27(33)19-5-4-8-22(16-19)36-21-6-2-1-3-7-21/h1-12,16,23,25-26H,13-15,17H2,(H,30,33). The summed E-state index contributed by atoms with van der Waals surface area (Å²) in [5, 5.41) is 3.47. The van der Waals surface area contributed by atoms with Gasteiger partial charge >= 0.3 is 0 Å². The van der Waals surface area contributed by atoms with Crippen molar-refractivity contribution in [3.63, 3.8) is 0 Å². The first-order chi connectivity index (χ1) is 17.5. The minimum Gasteiger partial charge on any atom is -0.457 e. The van der Waals surface area contributed by atoms with Crippen molar-refractivity contribution in [1.82, 2.24) is 10.2 Å². The first-order valence-electron chi connectivity index (χ1n) is 11.8. The number of nitrogens with one attached hydrogen (secondary N) is 1. The molecule has 2 aliphatic rings. The number of carbonyl (C=O) groups excluding carboxylic acids is 3. The van der Waals surface area contributed by atoms with Crippen LogP contribution in [-0.4, -0.2) is 53.8 Å². The number of rotatable bonds is 7. The number of hydrogen-bond donors (Lipinski definition) is 1. The number of amides is 2. The molecule has 0 radical (unpaired) electrons. The molecule has 36 heavy (non-hydrogen) atoms. The summed E-state index contributed by atoms with van der Waals surface area (Å²) in [7, 11) is 0. The van der Waals surface area contributed by atoms with E-state index in [9.17, 15) is 14.4 Å². The molecule has 3 aromatic rings. The van der Waals surface area contributed by atoms with Crippen LogP contribution in [0.25, 0.3) is 0 Å².